The molecule has 0 atom stereocenters. The number of aromatic carboxylic acids is 1. The van der Waals surface area contributed by atoms with Crippen LogP contribution in [0, 0.1) is 5.82 Å². The van der Waals surface area contributed by atoms with Crippen molar-refractivity contribution in [2.45, 2.75) is 19.6 Å². The summed E-state index contributed by atoms with van der Waals surface area (Å²) in [5.74, 6) is -0.494. The minimum absolute atomic E-state index is 0.153. The number of fused-ring (bicyclic) bond motifs is 1. The Bertz CT molecular complexity index is 654. The highest BCUT2D eigenvalue weighted by Gasteiger charge is 2.19. The number of halogens is 1. The van der Waals surface area contributed by atoms with Crippen LogP contribution in [0.4, 0.5) is 4.39 Å². The molecule has 3 rings (SSSR count). The highest BCUT2D eigenvalue weighted by molar-refractivity contribution is 5.89. The van der Waals surface area contributed by atoms with E-state index in [0.717, 1.165) is 18.9 Å². The summed E-state index contributed by atoms with van der Waals surface area (Å²) in [6.45, 7) is 2.65. The average Bonchev–Trinajstić information content (AvgIpc) is 2.85. The normalized spacial score (nSPS) is 15.1. The zero-order chi connectivity index (χ0) is 14.1. The van der Waals surface area contributed by atoms with Crippen molar-refractivity contribution in [3.63, 3.8) is 0 Å². The fourth-order valence-corrected chi connectivity index (χ4v) is 2.50. The molecule has 0 unspecified atom stereocenters. The van der Waals surface area contributed by atoms with Gasteiger partial charge >= 0.3 is 5.97 Å². The number of carboxylic acid groups (broad SMARTS) is 1. The molecule has 0 amide bonds. The van der Waals surface area contributed by atoms with E-state index in [1.165, 1.54) is 18.2 Å². The number of imidazole rings is 1. The van der Waals surface area contributed by atoms with Crippen molar-refractivity contribution in [2.24, 2.45) is 0 Å². The molecule has 1 N–H and O–H groups in total. The second-order valence-electron chi connectivity index (χ2n) is 4.85. The number of carboxylic acids is 1. The number of benzene rings is 1. The summed E-state index contributed by atoms with van der Waals surface area (Å²) in [5.41, 5.74) is 0.651. The van der Waals surface area contributed by atoms with Gasteiger partial charge in [0, 0.05) is 32.0 Å². The third kappa shape index (κ3) is 2.42. The zero-order valence-corrected chi connectivity index (χ0v) is 10.8. The molecule has 0 saturated heterocycles. The average molecular weight is 275 g/mol. The van der Waals surface area contributed by atoms with Gasteiger partial charge < -0.3 is 9.67 Å². The maximum Gasteiger partial charge on any atom is 0.336 e. The van der Waals surface area contributed by atoms with E-state index in [-0.39, 0.29) is 5.56 Å². The van der Waals surface area contributed by atoms with Gasteiger partial charge in [0.15, 0.2) is 0 Å². The van der Waals surface area contributed by atoms with Gasteiger partial charge in [0.2, 0.25) is 0 Å². The van der Waals surface area contributed by atoms with E-state index in [0.29, 0.717) is 18.7 Å². The molecule has 104 valence electrons. The van der Waals surface area contributed by atoms with Gasteiger partial charge in [-0.15, -0.1) is 0 Å². The van der Waals surface area contributed by atoms with E-state index in [1.54, 1.807) is 6.20 Å². The van der Waals surface area contributed by atoms with Crippen LogP contribution in [-0.2, 0) is 19.6 Å². The van der Waals surface area contributed by atoms with Crippen LogP contribution in [0.25, 0.3) is 0 Å². The van der Waals surface area contributed by atoms with Crippen molar-refractivity contribution in [3.8, 4) is 0 Å². The summed E-state index contributed by atoms with van der Waals surface area (Å²) in [6, 6.07) is 3.79. The number of carbonyl (C=O) groups is 1. The van der Waals surface area contributed by atoms with Gasteiger partial charge in [-0.2, -0.15) is 0 Å². The van der Waals surface area contributed by atoms with Gasteiger partial charge in [0.1, 0.15) is 11.6 Å². The smallest absolute Gasteiger partial charge is 0.336 e. The predicted octanol–water partition coefficient (Wildman–Crippen LogP) is 1.74. The molecule has 1 aliphatic rings. The summed E-state index contributed by atoms with van der Waals surface area (Å²) >= 11 is 0. The number of rotatable bonds is 3. The molecular formula is C14H14FN3O2. The molecule has 1 aromatic heterocycles. The van der Waals surface area contributed by atoms with Gasteiger partial charge in [0.05, 0.1) is 12.1 Å². The lowest BCUT2D eigenvalue weighted by Crippen LogP contribution is -2.33. The molecule has 2 heterocycles. The molecular weight excluding hydrogens is 261 g/mol. The third-order valence-corrected chi connectivity index (χ3v) is 3.52. The largest absolute Gasteiger partial charge is 0.478 e. The number of aromatic nitrogens is 2. The molecule has 0 bridgehead atoms. The molecule has 1 aromatic carbocycles. The third-order valence-electron chi connectivity index (χ3n) is 3.52. The van der Waals surface area contributed by atoms with E-state index in [4.69, 9.17) is 5.11 Å². The summed E-state index contributed by atoms with van der Waals surface area (Å²) in [4.78, 5) is 17.5. The Labute approximate surface area is 115 Å². The van der Waals surface area contributed by atoms with E-state index in [9.17, 15) is 9.18 Å². The first-order valence-corrected chi connectivity index (χ1v) is 6.37. The summed E-state index contributed by atoms with van der Waals surface area (Å²) in [5, 5.41) is 9.15. The van der Waals surface area contributed by atoms with Gasteiger partial charge in [-0.3, -0.25) is 4.90 Å². The van der Waals surface area contributed by atoms with E-state index in [2.05, 4.69) is 14.5 Å². The van der Waals surface area contributed by atoms with Crippen LogP contribution in [0.2, 0.25) is 0 Å². The van der Waals surface area contributed by atoms with Crippen molar-refractivity contribution in [1.29, 1.82) is 0 Å². The van der Waals surface area contributed by atoms with Crippen LogP contribution in [0.1, 0.15) is 21.7 Å². The molecule has 0 fully saturated rings. The second-order valence-corrected chi connectivity index (χ2v) is 4.85. The van der Waals surface area contributed by atoms with E-state index < -0.39 is 11.8 Å². The molecule has 0 saturated carbocycles. The Kier molecular flexibility index (Phi) is 3.23. The summed E-state index contributed by atoms with van der Waals surface area (Å²) < 4.78 is 15.4. The standard InChI is InChI=1S/C14H14FN3O2/c15-11-1-2-12(14(19)20)10(7-11)8-17-5-6-18-4-3-16-13(18)9-17/h1-4,7H,5-6,8-9H2,(H,19,20). The first-order chi connectivity index (χ1) is 9.63. The van der Waals surface area contributed by atoms with Crippen molar-refractivity contribution in [3.05, 3.63) is 53.4 Å². The van der Waals surface area contributed by atoms with E-state index in [1.807, 2.05) is 6.20 Å². The molecule has 1 aliphatic heterocycles. The molecule has 0 radical (unpaired) electrons. The van der Waals surface area contributed by atoms with Crippen molar-refractivity contribution in [1.82, 2.24) is 14.5 Å². The number of nitrogens with zero attached hydrogens (tertiary/aromatic N) is 3. The number of hydrogen-bond acceptors (Lipinski definition) is 3. The Morgan fingerprint density at radius 1 is 1.40 bits per heavy atom. The monoisotopic (exact) mass is 275 g/mol. The minimum atomic E-state index is -1.03. The van der Waals surface area contributed by atoms with Crippen molar-refractivity contribution < 1.29 is 14.3 Å². The van der Waals surface area contributed by atoms with Gasteiger partial charge in [-0.25, -0.2) is 14.2 Å². The fourth-order valence-electron chi connectivity index (χ4n) is 2.50. The van der Waals surface area contributed by atoms with Crippen LogP contribution >= 0.6 is 0 Å². The van der Waals surface area contributed by atoms with Crippen LogP contribution in [0.5, 0.6) is 0 Å². The quantitative estimate of drug-likeness (QED) is 0.927. The van der Waals surface area contributed by atoms with Crippen LogP contribution in [0.3, 0.4) is 0 Å². The molecule has 6 heteroatoms. The van der Waals surface area contributed by atoms with Crippen LogP contribution in [-0.4, -0.2) is 32.1 Å². The van der Waals surface area contributed by atoms with Gasteiger partial charge in [-0.1, -0.05) is 0 Å². The van der Waals surface area contributed by atoms with Gasteiger partial charge in [0.25, 0.3) is 0 Å². The van der Waals surface area contributed by atoms with Crippen LogP contribution in [0.15, 0.2) is 30.6 Å². The fraction of sp³-hybridized carbons (Fsp3) is 0.286. The molecule has 0 aliphatic carbocycles. The van der Waals surface area contributed by atoms with Crippen molar-refractivity contribution in [2.75, 3.05) is 6.54 Å². The van der Waals surface area contributed by atoms with Crippen molar-refractivity contribution >= 4 is 5.97 Å². The number of hydrogen-bond donors (Lipinski definition) is 1. The van der Waals surface area contributed by atoms with Crippen LogP contribution < -0.4 is 0 Å². The second kappa shape index (κ2) is 5.05. The topological polar surface area (TPSA) is 58.4 Å². The lowest BCUT2D eigenvalue weighted by molar-refractivity contribution is 0.0694. The van der Waals surface area contributed by atoms with Gasteiger partial charge in [-0.05, 0) is 23.8 Å². The Hall–Kier alpha value is -2.21. The van der Waals surface area contributed by atoms with E-state index >= 15 is 0 Å². The molecule has 0 spiro atoms. The first-order valence-electron chi connectivity index (χ1n) is 6.37. The lowest BCUT2D eigenvalue weighted by Gasteiger charge is -2.27. The molecule has 5 nitrogen and oxygen atoms in total. The predicted molar refractivity (Wildman–Crippen MR) is 69.7 cm³/mol. The zero-order valence-electron chi connectivity index (χ0n) is 10.8. The highest BCUT2D eigenvalue weighted by atomic mass is 19.1. The maximum absolute atomic E-state index is 13.3. The highest BCUT2D eigenvalue weighted by Crippen LogP contribution is 2.18. The Morgan fingerprint density at radius 2 is 2.25 bits per heavy atom. The summed E-state index contributed by atoms with van der Waals surface area (Å²) in [6.07, 6.45) is 3.68. The maximum atomic E-state index is 13.3. The molecule has 2 aromatic rings. The Balaban J connectivity index is 1.82. The SMILES string of the molecule is O=C(O)c1ccc(F)cc1CN1CCn2ccnc2C1. The minimum Gasteiger partial charge on any atom is -0.478 e. The molecule has 20 heavy (non-hydrogen) atoms. The Morgan fingerprint density at radius 3 is 3.05 bits per heavy atom. The first kappa shape index (κ1) is 12.8. The summed E-state index contributed by atoms with van der Waals surface area (Å²) in [7, 11) is 0. The lowest BCUT2D eigenvalue weighted by atomic mass is 10.1.